The lowest BCUT2D eigenvalue weighted by Crippen LogP contribution is -2.31. The highest BCUT2D eigenvalue weighted by atomic mass is 16.6. The van der Waals surface area contributed by atoms with E-state index in [0.29, 0.717) is 23.7 Å². The van der Waals surface area contributed by atoms with Crippen molar-refractivity contribution < 1.29 is 4.92 Å². The number of non-ortho nitro benzene ring substituents is 1. The number of rotatable bonds is 2. The van der Waals surface area contributed by atoms with Crippen LogP contribution in [0.5, 0.6) is 0 Å². The second kappa shape index (κ2) is 5.12. The zero-order chi connectivity index (χ0) is 15.0. The average Bonchev–Trinajstić information content (AvgIpc) is 2.48. The van der Waals surface area contributed by atoms with Gasteiger partial charge in [0.25, 0.3) is 11.2 Å². The first-order valence-electron chi connectivity index (χ1n) is 6.90. The van der Waals surface area contributed by atoms with Gasteiger partial charge in [0.1, 0.15) is 5.82 Å². The van der Waals surface area contributed by atoms with Crippen LogP contribution in [-0.2, 0) is 13.0 Å². The van der Waals surface area contributed by atoms with Gasteiger partial charge in [-0.25, -0.2) is 4.98 Å². The fourth-order valence-electron chi connectivity index (χ4n) is 2.65. The topological polar surface area (TPSA) is 78.0 Å². The Morgan fingerprint density at radius 1 is 1.38 bits per heavy atom. The maximum absolute atomic E-state index is 12.2. The first kappa shape index (κ1) is 13.5. The van der Waals surface area contributed by atoms with Crippen LogP contribution in [-0.4, -0.2) is 14.5 Å². The van der Waals surface area contributed by atoms with E-state index in [1.807, 2.05) is 0 Å². The van der Waals surface area contributed by atoms with Crippen LogP contribution in [0.25, 0.3) is 11.3 Å². The molecular formula is C15H15N3O3. The predicted octanol–water partition coefficient (Wildman–Crippen LogP) is 2.40. The average molecular weight is 285 g/mol. The summed E-state index contributed by atoms with van der Waals surface area (Å²) < 4.78 is 1.70. The van der Waals surface area contributed by atoms with Gasteiger partial charge in [-0.15, -0.1) is 0 Å². The second-order valence-corrected chi connectivity index (χ2v) is 5.46. The smallest absolute Gasteiger partial charge is 0.270 e. The molecule has 1 unspecified atom stereocenters. The molecule has 1 aromatic heterocycles. The van der Waals surface area contributed by atoms with Crippen molar-refractivity contribution in [2.45, 2.75) is 26.3 Å². The molecule has 1 aliphatic heterocycles. The fourth-order valence-corrected chi connectivity index (χ4v) is 2.65. The van der Waals surface area contributed by atoms with Crippen LogP contribution in [0.4, 0.5) is 5.69 Å². The molecule has 108 valence electrons. The number of nitro groups is 1. The molecule has 0 fully saturated rings. The lowest BCUT2D eigenvalue weighted by Gasteiger charge is -2.22. The molecule has 0 amide bonds. The number of aromatic nitrogens is 2. The summed E-state index contributed by atoms with van der Waals surface area (Å²) in [5.74, 6) is 1.24. The summed E-state index contributed by atoms with van der Waals surface area (Å²) in [5.41, 5.74) is 1.02. The van der Waals surface area contributed by atoms with E-state index in [9.17, 15) is 14.9 Å². The van der Waals surface area contributed by atoms with Gasteiger partial charge < -0.3 is 0 Å². The zero-order valence-electron chi connectivity index (χ0n) is 11.7. The van der Waals surface area contributed by atoms with Crippen LogP contribution in [0.2, 0.25) is 0 Å². The third-order valence-electron chi connectivity index (χ3n) is 3.80. The molecule has 3 rings (SSSR count). The Balaban J connectivity index is 2.08. The van der Waals surface area contributed by atoms with Gasteiger partial charge in [0.2, 0.25) is 0 Å². The number of hydrogen-bond acceptors (Lipinski definition) is 4. The Morgan fingerprint density at radius 2 is 2.19 bits per heavy atom. The summed E-state index contributed by atoms with van der Waals surface area (Å²) in [4.78, 5) is 27.1. The number of benzene rings is 1. The third-order valence-corrected chi connectivity index (χ3v) is 3.80. The molecule has 0 aliphatic carbocycles. The maximum Gasteiger partial charge on any atom is 0.270 e. The van der Waals surface area contributed by atoms with Crippen LogP contribution in [0, 0.1) is 16.0 Å². The molecule has 21 heavy (non-hydrogen) atoms. The molecule has 0 saturated heterocycles. The molecule has 2 aromatic rings. The Bertz CT molecular complexity index is 767. The van der Waals surface area contributed by atoms with Crippen molar-refractivity contribution in [1.29, 1.82) is 0 Å². The molecule has 0 radical (unpaired) electrons. The van der Waals surface area contributed by atoms with E-state index in [0.717, 1.165) is 18.7 Å². The molecule has 2 heterocycles. The molecule has 6 heteroatoms. The summed E-state index contributed by atoms with van der Waals surface area (Å²) in [5, 5.41) is 10.8. The van der Waals surface area contributed by atoms with E-state index in [-0.39, 0.29) is 11.2 Å². The molecule has 0 bridgehead atoms. The van der Waals surface area contributed by atoms with Crippen LogP contribution >= 0.6 is 0 Å². The molecular weight excluding hydrogens is 270 g/mol. The Labute approximate surface area is 121 Å². The Hall–Kier alpha value is -2.50. The van der Waals surface area contributed by atoms with Gasteiger partial charge in [-0.05, 0) is 12.3 Å². The van der Waals surface area contributed by atoms with Crippen molar-refractivity contribution >= 4 is 5.69 Å². The van der Waals surface area contributed by atoms with E-state index in [4.69, 9.17) is 0 Å². The number of nitro benzene ring substituents is 1. The van der Waals surface area contributed by atoms with Crippen molar-refractivity contribution in [1.82, 2.24) is 9.55 Å². The minimum atomic E-state index is -0.448. The SMILES string of the molecule is CC1CCc2nc(-c3cccc([N+](=O)[O-])c3)cc(=O)n2C1. The molecule has 1 aliphatic rings. The van der Waals surface area contributed by atoms with Crippen molar-refractivity contribution in [3.05, 3.63) is 56.6 Å². The summed E-state index contributed by atoms with van der Waals surface area (Å²) in [6.07, 6.45) is 1.77. The minimum absolute atomic E-state index is 0.000690. The van der Waals surface area contributed by atoms with Crippen LogP contribution < -0.4 is 5.56 Å². The van der Waals surface area contributed by atoms with Gasteiger partial charge in [-0.2, -0.15) is 0 Å². The van der Waals surface area contributed by atoms with E-state index >= 15 is 0 Å². The van der Waals surface area contributed by atoms with E-state index in [1.54, 1.807) is 16.7 Å². The standard InChI is InChI=1S/C15H15N3O3/c1-10-5-6-14-16-13(8-15(19)17(14)9-10)11-3-2-4-12(7-11)18(20)21/h2-4,7-8,10H,5-6,9H2,1H3. The van der Waals surface area contributed by atoms with Crippen molar-refractivity contribution in [3.8, 4) is 11.3 Å². The van der Waals surface area contributed by atoms with Crippen LogP contribution in [0.1, 0.15) is 19.2 Å². The number of aryl methyl sites for hydroxylation is 1. The summed E-state index contributed by atoms with van der Waals surface area (Å²) in [6.45, 7) is 2.81. The van der Waals surface area contributed by atoms with Crippen molar-refractivity contribution in [2.75, 3.05) is 0 Å². The predicted molar refractivity (Wildman–Crippen MR) is 78.1 cm³/mol. The number of fused-ring (bicyclic) bond motifs is 1. The quantitative estimate of drug-likeness (QED) is 0.627. The van der Waals surface area contributed by atoms with E-state index in [2.05, 4.69) is 11.9 Å². The third kappa shape index (κ3) is 2.56. The van der Waals surface area contributed by atoms with E-state index < -0.39 is 4.92 Å². The van der Waals surface area contributed by atoms with Crippen molar-refractivity contribution in [3.63, 3.8) is 0 Å². The number of hydrogen-bond donors (Lipinski definition) is 0. The highest BCUT2D eigenvalue weighted by Crippen LogP contribution is 2.23. The molecule has 6 nitrogen and oxygen atoms in total. The van der Waals surface area contributed by atoms with E-state index in [1.165, 1.54) is 18.2 Å². The van der Waals surface area contributed by atoms with Gasteiger partial charge in [-0.1, -0.05) is 19.1 Å². The molecule has 0 spiro atoms. The monoisotopic (exact) mass is 285 g/mol. The van der Waals surface area contributed by atoms with Gasteiger partial charge in [0, 0.05) is 36.7 Å². The first-order valence-corrected chi connectivity index (χ1v) is 6.90. The molecule has 1 aromatic carbocycles. The molecule has 0 saturated carbocycles. The zero-order valence-corrected chi connectivity index (χ0v) is 11.7. The highest BCUT2D eigenvalue weighted by molar-refractivity contribution is 5.62. The summed E-state index contributed by atoms with van der Waals surface area (Å²) in [7, 11) is 0. The van der Waals surface area contributed by atoms with Crippen LogP contribution in [0.15, 0.2) is 35.1 Å². The number of nitrogens with zero attached hydrogens (tertiary/aromatic N) is 3. The minimum Gasteiger partial charge on any atom is -0.296 e. The lowest BCUT2D eigenvalue weighted by atomic mass is 10.0. The van der Waals surface area contributed by atoms with Gasteiger partial charge >= 0.3 is 0 Å². The van der Waals surface area contributed by atoms with Crippen molar-refractivity contribution in [2.24, 2.45) is 5.92 Å². The fraction of sp³-hybridized carbons (Fsp3) is 0.333. The largest absolute Gasteiger partial charge is 0.296 e. The second-order valence-electron chi connectivity index (χ2n) is 5.46. The molecule has 1 atom stereocenters. The van der Waals surface area contributed by atoms with Gasteiger partial charge in [-0.3, -0.25) is 19.5 Å². The maximum atomic E-state index is 12.2. The normalized spacial score (nSPS) is 17.3. The highest BCUT2D eigenvalue weighted by Gasteiger charge is 2.18. The Morgan fingerprint density at radius 3 is 2.95 bits per heavy atom. The summed E-state index contributed by atoms with van der Waals surface area (Å²) >= 11 is 0. The first-order chi connectivity index (χ1) is 10.0. The Kier molecular flexibility index (Phi) is 3.29. The molecule has 0 N–H and O–H groups in total. The summed E-state index contributed by atoms with van der Waals surface area (Å²) in [6, 6.07) is 7.67. The lowest BCUT2D eigenvalue weighted by molar-refractivity contribution is -0.384. The van der Waals surface area contributed by atoms with Gasteiger partial charge in [0.05, 0.1) is 10.6 Å². The van der Waals surface area contributed by atoms with Gasteiger partial charge in [0.15, 0.2) is 0 Å². The van der Waals surface area contributed by atoms with Crippen LogP contribution in [0.3, 0.4) is 0 Å².